The Morgan fingerprint density at radius 2 is 0.969 bits per heavy atom. The molecular weight excluding hydrogens is 837 g/mol. The summed E-state index contributed by atoms with van der Waals surface area (Å²) in [5.41, 5.74) is 4.14. The molecule has 10 nitrogen and oxygen atoms in total. The maximum atomic E-state index is 14.0. The van der Waals surface area contributed by atoms with Crippen LogP contribution in [0.1, 0.15) is 84.6 Å². The molecule has 65 heavy (non-hydrogen) atoms. The zero-order valence-electron chi connectivity index (χ0n) is 39.9. The molecule has 0 saturated carbocycles. The molecule has 2 heterocycles. The fraction of sp³-hybridized carbons (Fsp3) is 0.500. The quantitative estimate of drug-likeness (QED) is 0.0560. The highest BCUT2D eigenvalue weighted by molar-refractivity contribution is 6.77. The molecule has 0 aliphatic carbocycles. The minimum atomic E-state index is -2.40. The van der Waals surface area contributed by atoms with E-state index in [1.165, 1.54) is 0 Å². The van der Waals surface area contributed by atoms with Crippen molar-refractivity contribution in [2.24, 2.45) is 5.41 Å². The second-order valence-electron chi connectivity index (χ2n) is 19.2. The first kappa shape index (κ1) is 50.2. The SMILES string of the molecule is CC(C)[Si](OC[C@H]1O[C@@H](OC[C@H]2OC=C[C@@H](OCc3ccccc3)[C@@H]2OCc2ccccc2)[C@H](OC(=O)C(C)(C)C)[C@@H](OCc2ccccc2)[C@H]1OCc1ccccc1)(C(C)C)C(C)C. The highest BCUT2D eigenvalue weighted by Gasteiger charge is 2.53. The Kier molecular flexibility index (Phi) is 18.6. The van der Waals surface area contributed by atoms with Crippen LogP contribution in [0.15, 0.2) is 134 Å². The van der Waals surface area contributed by atoms with Crippen LogP contribution in [0, 0.1) is 5.41 Å². The van der Waals surface area contributed by atoms with Gasteiger partial charge in [-0.2, -0.15) is 0 Å². The zero-order valence-corrected chi connectivity index (χ0v) is 40.9. The Morgan fingerprint density at radius 1 is 0.538 bits per heavy atom. The van der Waals surface area contributed by atoms with Crippen molar-refractivity contribution in [3.8, 4) is 0 Å². The second-order valence-corrected chi connectivity index (χ2v) is 24.6. The Hall–Kier alpha value is -4.17. The van der Waals surface area contributed by atoms with Gasteiger partial charge < -0.3 is 42.3 Å². The Balaban J connectivity index is 1.36. The van der Waals surface area contributed by atoms with Crippen molar-refractivity contribution in [3.63, 3.8) is 0 Å². The largest absolute Gasteiger partial charge is 0.493 e. The summed E-state index contributed by atoms with van der Waals surface area (Å²) in [6, 6.07) is 40.0. The molecule has 0 bridgehead atoms. The van der Waals surface area contributed by atoms with E-state index < -0.39 is 68.7 Å². The first-order chi connectivity index (χ1) is 31.3. The van der Waals surface area contributed by atoms with Gasteiger partial charge in [0.25, 0.3) is 0 Å². The summed E-state index contributed by atoms with van der Waals surface area (Å²) in [6.45, 7) is 20.5. The standard InChI is InChI=1S/C54H72O10Si/c1-38(2)65(39(3)4,40(5)6)62-37-47-49(59-34-43-26-18-12-19-27-43)50(60-35-44-28-20-13-21-29-44)51(64-53(55)54(7,8)9)52(63-47)61-36-46-48(58-33-42-24-16-11-17-25-42)45(30-31-56-46)57-32-41-22-14-10-15-23-41/h10-31,38-40,45-52H,32-37H2,1-9H3/t45-,46-,47-,48+,49+,50+,51-,52-/m1/s1. The maximum absolute atomic E-state index is 14.0. The van der Waals surface area contributed by atoms with Crippen molar-refractivity contribution in [1.29, 1.82) is 0 Å². The van der Waals surface area contributed by atoms with E-state index in [-0.39, 0.29) is 26.4 Å². The van der Waals surface area contributed by atoms with E-state index >= 15 is 0 Å². The van der Waals surface area contributed by atoms with Crippen LogP contribution in [0.25, 0.3) is 0 Å². The summed E-state index contributed by atoms with van der Waals surface area (Å²) < 4.78 is 61.0. The van der Waals surface area contributed by atoms with Crippen LogP contribution in [-0.4, -0.2) is 76.5 Å². The lowest BCUT2D eigenvalue weighted by atomic mass is 9.95. The first-order valence-electron chi connectivity index (χ1n) is 23.3. The first-order valence-corrected chi connectivity index (χ1v) is 25.5. The summed E-state index contributed by atoms with van der Waals surface area (Å²) >= 11 is 0. The second kappa shape index (κ2) is 24.0. The number of carbonyl (C=O) groups is 1. The number of rotatable bonds is 22. The lowest BCUT2D eigenvalue weighted by Crippen LogP contribution is -2.63. The van der Waals surface area contributed by atoms with E-state index in [1.807, 2.05) is 148 Å². The number of hydrogen-bond acceptors (Lipinski definition) is 10. The van der Waals surface area contributed by atoms with Gasteiger partial charge in [0.05, 0.1) is 51.3 Å². The predicted octanol–water partition coefficient (Wildman–Crippen LogP) is 11.1. The van der Waals surface area contributed by atoms with Crippen LogP contribution in [-0.2, 0) is 73.5 Å². The molecule has 1 fully saturated rings. The lowest BCUT2D eigenvalue weighted by molar-refractivity contribution is -0.324. The van der Waals surface area contributed by atoms with Crippen molar-refractivity contribution in [3.05, 3.63) is 156 Å². The Labute approximate surface area is 389 Å². The average molecular weight is 909 g/mol. The molecule has 0 N–H and O–H groups in total. The molecule has 8 atom stereocenters. The molecule has 0 amide bonds. The van der Waals surface area contributed by atoms with Gasteiger partial charge in [-0.05, 0) is 65.7 Å². The third kappa shape index (κ3) is 13.7. The molecule has 0 unspecified atom stereocenters. The van der Waals surface area contributed by atoms with E-state index in [0.717, 1.165) is 22.3 Å². The minimum Gasteiger partial charge on any atom is -0.493 e. The fourth-order valence-electron chi connectivity index (χ4n) is 9.06. The van der Waals surface area contributed by atoms with E-state index in [1.54, 1.807) is 6.26 Å². The van der Waals surface area contributed by atoms with Crippen LogP contribution in [0.5, 0.6) is 0 Å². The van der Waals surface area contributed by atoms with Gasteiger partial charge in [-0.15, -0.1) is 0 Å². The van der Waals surface area contributed by atoms with Crippen LogP contribution in [0.4, 0.5) is 0 Å². The summed E-state index contributed by atoms with van der Waals surface area (Å²) in [4.78, 5) is 14.0. The molecule has 0 spiro atoms. The van der Waals surface area contributed by atoms with Crippen LogP contribution in [0.2, 0.25) is 16.6 Å². The number of benzene rings is 4. The summed E-state index contributed by atoms with van der Waals surface area (Å²) in [5.74, 6) is -0.425. The molecule has 1 saturated heterocycles. The normalized spacial score (nSPS) is 23.8. The minimum absolute atomic E-state index is 0.0143. The smallest absolute Gasteiger partial charge is 0.311 e. The third-order valence-corrected chi connectivity index (χ3v) is 18.5. The summed E-state index contributed by atoms with van der Waals surface area (Å²) in [5, 5.41) is 0. The molecule has 2 aliphatic rings. The fourth-order valence-corrected chi connectivity index (χ4v) is 14.5. The van der Waals surface area contributed by atoms with Gasteiger partial charge in [0.1, 0.15) is 30.5 Å². The number of ether oxygens (including phenoxy) is 8. The Bertz CT molecular complexity index is 1990. The molecule has 0 aromatic heterocycles. The van der Waals surface area contributed by atoms with Crippen molar-refractivity contribution in [2.75, 3.05) is 13.2 Å². The number of carbonyl (C=O) groups excluding carboxylic acids is 1. The van der Waals surface area contributed by atoms with Crippen molar-refractivity contribution in [1.82, 2.24) is 0 Å². The van der Waals surface area contributed by atoms with E-state index in [2.05, 4.69) is 41.5 Å². The predicted molar refractivity (Wildman–Crippen MR) is 255 cm³/mol. The summed E-state index contributed by atoms with van der Waals surface area (Å²) in [6.07, 6.45) is -2.49. The number of esters is 1. The molecule has 6 rings (SSSR count). The molecule has 4 aromatic rings. The van der Waals surface area contributed by atoms with Crippen LogP contribution in [0.3, 0.4) is 0 Å². The molecule has 11 heteroatoms. The van der Waals surface area contributed by atoms with Crippen molar-refractivity contribution < 1.29 is 47.1 Å². The van der Waals surface area contributed by atoms with Crippen LogP contribution < -0.4 is 0 Å². The van der Waals surface area contributed by atoms with E-state index in [4.69, 9.17) is 42.3 Å². The van der Waals surface area contributed by atoms with Gasteiger partial charge in [0, 0.05) is 0 Å². The molecular formula is C54H72O10Si. The summed E-state index contributed by atoms with van der Waals surface area (Å²) in [7, 11) is -2.40. The zero-order chi connectivity index (χ0) is 46.4. The van der Waals surface area contributed by atoms with Gasteiger partial charge in [-0.1, -0.05) is 163 Å². The van der Waals surface area contributed by atoms with E-state index in [0.29, 0.717) is 29.8 Å². The molecule has 4 aromatic carbocycles. The van der Waals surface area contributed by atoms with Crippen molar-refractivity contribution >= 4 is 14.3 Å². The van der Waals surface area contributed by atoms with Crippen LogP contribution >= 0.6 is 0 Å². The van der Waals surface area contributed by atoms with Gasteiger partial charge in [-0.3, -0.25) is 4.79 Å². The van der Waals surface area contributed by atoms with Gasteiger partial charge in [0.15, 0.2) is 26.8 Å². The van der Waals surface area contributed by atoms with E-state index in [9.17, 15) is 4.79 Å². The topological polar surface area (TPSA) is 100 Å². The molecule has 352 valence electrons. The maximum Gasteiger partial charge on any atom is 0.311 e. The number of hydrogen-bond donors (Lipinski definition) is 0. The monoisotopic (exact) mass is 908 g/mol. The highest BCUT2D eigenvalue weighted by atomic mass is 28.4. The Morgan fingerprint density at radius 3 is 1.42 bits per heavy atom. The van der Waals surface area contributed by atoms with Crippen molar-refractivity contribution in [2.45, 2.75) is 154 Å². The van der Waals surface area contributed by atoms with Gasteiger partial charge in [-0.25, -0.2) is 0 Å². The lowest BCUT2D eigenvalue weighted by Gasteiger charge is -2.48. The molecule has 0 radical (unpaired) electrons. The average Bonchev–Trinajstić information content (AvgIpc) is 3.30. The van der Waals surface area contributed by atoms with Gasteiger partial charge >= 0.3 is 5.97 Å². The molecule has 2 aliphatic heterocycles. The van der Waals surface area contributed by atoms with Gasteiger partial charge in [0.2, 0.25) is 0 Å². The highest BCUT2D eigenvalue weighted by Crippen LogP contribution is 2.43. The third-order valence-electron chi connectivity index (χ3n) is 12.4.